The van der Waals surface area contributed by atoms with Crippen molar-refractivity contribution in [3.63, 3.8) is 0 Å². The molecule has 1 aliphatic carbocycles. The van der Waals surface area contributed by atoms with Crippen LogP contribution in [0.4, 0.5) is 9.59 Å². The lowest BCUT2D eigenvalue weighted by molar-refractivity contribution is -0.135. The van der Waals surface area contributed by atoms with Crippen LogP contribution in [0.5, 0.6) is 5.75 Å². The van der Waals surface area contributed by atoms with Crippen LogP contribution < -0.4 is 15.4 Å². The van der Waals surface area contributed by atoms with Gasteiger partial charge in [0.2, 0.25) is 5.91 Å². The molecular weight excluding hydrogens is 825 g/mol. The van der Waals surface area contributed by atoms with Gasteiger partial charge in [0.1, 0.15) is 36.1 Å². The normalized spacial score (nSPS) is 19.0. The zero-order chi connectivity index (χ0) is 44.9. The minimum Gasteiger partial charge on any atom is -0.488 e. The summed E-state index contributed by atoms with van der Waals surface area (Å²) >= 11 is 0. The first-order valence-corrected chi connectivity index (χ1v) is 22.8. The Bertz CT molecular complexity index is 2810. The van der Waals surface area contributed by atoms with Crippen molar-refractivity contribution >= 4 is 45.8 Å². The molecule has 336 valence electrons. The van der Waals surface area contributed by atoms with Gasteiger partial charge in [-0.3, -0.25) is 9.59 Å². The second-order valence-corrected chi connectivity index (χ2v) is 18.1. The number of hydrogen-bond acceptors (Lipinski definition) is 9. The molecule has 10 rings (SSSR count). The van der Waals surface area contributed by atoms with E-state index in [-0.39, 0.29) is 29.8 Å². The maximum atomic E-state index is 14.4. The zero-order valence-electron chi connectivity index (χ0n) is 37.1. The van der Waals surface area contributed by atoms with E-state index in [9.17, 15) is 19.2 Å². The Morgan fingerprint density at radius 3 is 2.20 bits per heavy atom. The van der Waals surface area contributed by atoms with E-state index in [2.05, 4.69) is 69.1 Å². The van der Waals surface area contributed by atoms with E-state index in [1.807, 2.05) is 48.0 Å². The number of aromatic amines is 2. The second kappa shape index (κ2) is 17.2. The van der Waals surface area contributed by atoms with Crippen LogP contribution >= 0.6 is 0 Å². The summed E-state index contributed by atoms with van der Waals surface area (Å²) in [5.74, 6) is 2.28. The van der Waals surface area contributed by atoms with Crippen molar-refractivity contribution in [1.29, 1.82) is 0 Å². The van der Waals surface area contributed by atoms with Gasteiger partial charge in [0, 0.05) is 24.0 Å². The summed E-state index contributed by atoms with van der Waals surface area (Å²) < 4.78 is 16.2. The fourth-order valence-electron chi connectivity index (χ4n) is 10.1. The van der Waals surface area contributed by atoms with Crippen molar-refractivity contribution in [2.75, 3.05) is 27.3 Å². The lowest BCUT2D eigenvalue weighted by atomic mass is 9.80. The molecule has 2 aromatic heterocycles. The van der Waals surface area contributed by atoms with Gasteiger partial charge in [-0.2, -0.15) is 0 Å². The van der Waals surface area contributed by atoms with Crippen LogP contribution in [-0.2, 0) is 25.7 Å². The number of ether oxygens (including phenoxy) is 3. The van der Waals surface area contributed by atoms with Crippen LogP contribution in [0.25, 0.3) is 44.2 Å². The average molecular weight is 879 g/mol. The molecule has 3 aliphatic heterocycles. The highest BCUT2D eigenvalue weighted by atomic mass is 16.5. The largest absolute Gasteiger partial charge is 0.488 e. The number of methoxy groups -OCH3 is 2. The summed E-state index contributed by atoms with van der Waals surface area (Å²) in [7, 11) is 2.60. The molecule has 0 spiro atoms. The minimum atomic E-state index is -0.898. The number of likely N-dealkylation sites (tertiary alicyclic amines) is 2. The SMILES string of the molecule is COC(=O)N[C@H](C(=O)N1CCC[C@H]1c1ncc(-c2ccc3c(c2)COc2cc4c(ccc5nc([C@@H]6CCCN6C(=O)[C@H](NC(=O)OC)c6ccc(C7CCC7)cc6)[nH]c54)cc2-3)[nH]1)C(C)C. The van der Waals surface area contributed by atoms with Crippen molar-refractivity contribution in [3.05, 3.63) is 101 Å². The Balaban J connectivity index is 0.885. The van der Waals surface area contributed by atoms with Crippen molar-refractivity contribution < 1.29 is 33.4 Å². The van der Waals surface area contributed by atoms with Crippen LogP contribution in [0, 0.1) is 5.92 Å². The molecule has 1 saturated carbocycles. The number of aromatic nitrogens is 4. The molecule has 6 aromatic rings. The van der Waals surface area contributed by atoms with Crippen LogP contribution in [0.15, 0.2) is 72.9 Å². The van der Waals surface area contributed by atoms with Gasteiger partial charge in [0.25, 0.3) is 5.91 Å². The molecule has 0 unspecified atom stereocenters. The molecule has 15 heteroatoms. The standard InChI is InChI=1S/C50H54N8O7/c1-27(2)42(55-49(61)63-3)47(59)57-20-6-10-39(57)45-51-25-38(53-45)32-16-18-34-33(22-32)26-65-41-24-35-31(23-36(34)41)17-19-37-44(35)54-46(52-37)40-11-7-21-58(40)48(60)43(56-50(62)64-4)30-14-12-29(13-15-30)28-8-5-9-28/h12-19,22-25,27-28,39-40,42-43H,5-11,20-21,26H2,1-4H3,(H,51,53)(H,52,54)(H,55,61)(H,56,62)/t39-,40-,42-,43+/m0/s1. The van der Waals surface area contributed by atoms with Crippen molar-refractivity contribution in [2.24, 2.45) is 5.92 Å². The van der Waals surface area contributed by atoms with E-state index in [1.54, 1.807) is 0 Å². The number of rotatable bonds is 10. The highest BCUT2D eigenvalue weighted by molar-refractivity contribution is 6.07. The number of alkyl carbamates (subject to hydrolysis) is 2. The number of H-pyrrole nitrogens is 2. The number of imidazole rings is 2. The maximum Gasteiger partial charge on any atom is 0.407 e. The molecule has 2 saturated heterocycles. The molecule has 15 nitrogen and oxygen atoms in total. The number of fused-ring (bicyclic) bond motifs is 6. The predicted octanol–water partition coefficient (Wildman–Crippen LogP) is 8.74. The van der Waals surface area contributed by atoms with Gasteiger partial charge in [0.15, 0.2) is 0 Å². The number of carbonyl (C=O) groups is 4. The molecule has 0 bridgehead atoms. The van der Waals surface area contributed by atoms with E-state index in [0.29, 0.717) is 37.3 Å². The van der Waals surface area contributed by atoms with Crippen molar-refractivity contribution in [1.82, 2.24) is 40.4 Å². The Labute approximate surface area is 376 Å². The van der Waals surface area contributed by atoms with Gasteiger partial charge >= 0.3 is 12.2 Å². The van der Waals surface area contributed by atoms with Gasteiger partial charge < -0.3 is 44.6 Å². The fraction of sp³-hybridized carbons (Fsp3) is 0.400. The lowest BCUT2D eigenvalue weighted by Gasteiger charge is -2.30. The molecule has 0 radical (unpaired) electrons. The fourth-order valence-corrected chi connectivity index (χ4v) is 10.1. The first-order chi connectivity index (χ1) is 31.6. The Morgan fingerprint density at radius 2 is 1.49 bits per heavy atom. The molecule has 3 fully saturated rings. The predicted molar refractivity (Wildman–Crippen MR) is 244 cm³/mol. The first kappa shape index (κ1) is 42.1. The summed E-state index contributed by atoms with van der Waals surface area (Å²) in [6.45, 7) is 5.31. The van der Waals surface area contributed by atoms with E-state index < -0.39 is 24.3 Å². The highest BCUT2D eigenvalue weighted by Crippen LogP contribution is 2.44. The Hall–Kier alpha value is -6.90. The van der Waals surface area contributed by atoms with Crippen LogP contribution in [0.3, 0.4) is 0 Å². The topological polar surface area (TPSA) is 184 Å². The quantitative estimate of drug-likeness (QED) is 0.105. The Morgan fingerprint density at radius 1 is 0.769 bits per heavy atom. The third kappa shape index (κ3) is 7.80. The van der Waals surface area contributed by atoms with Gasteiger partial charge in [-0.25, -0.2) is 19.6 Å². The zero-order valence-corrected chi connectivity index (χ0v) is 37.1. The van der Waals surface area contributed by atoms with Gasteiger partial charge in [-0.05, 0) is 108 Å². The highest BCUT2D eigenvalue weighted by Gasteiger charge is 2.39. The maximum absolute atomic E-state index is 14.4. The van der Waals surface area contributed by atoms with Gasteiger partial charge in [-0.15, -0.1) is 0 Å². The number of amides is 4. The summed E-state index contributed by atoms with van der Waals surface area (Å²) in [5.41, 5.74) is 8.57. The van der Waals surface area contributed by atoms with Crippen molar-refractivity contribution in [3.8, 4) is 28.1 Å². The van der Waals surface area contributed by atoms with E-state index in [4.69, 9.17) is 24.2 Å². The average Bonchev–Trinajstić information content (AvgIpc) is 4.15. The molecule has 65 heavy (non-hydrogen) atoms. The molecule has 4 aromatic carbocycles. The van der Waals surface area contributed by atoms with Crippen LogP contribution in [-0.4, -0.2) is 87.1 Å². The number of nitrogens with one attached hydrogen (secondary N) is 4. The monoisotopic (exact) mass is 878 g/mol. The van der Waals surface area contributed by atoms with E-state index in [0.717, 1.165) is 86.7 Å². The summed E-state index contributed by atoms with van der Waals surface area (Å²) in [5, 5.41) is 7.51. The molecule has 4 amide bonds. The lowest BCUT2D eigenvalue weighted by Crippen LogP contribution is -2.51. The van der Waals surface area contributed by atoms with Crippen LogP contribution in [0.1, 0.15) is 111 Å². The first-order valence-electron chi connectivity index (χ1n) is 22.8. The molecular formula is C50H54N8O7. The van der Waals surface area contributed by atoms with Crippen molar-refractivity contribution in [2.45, 2.75) is 95.5 Å². The number of hydrogen-bond donors (Lipinski definition) is 4. The minimum absolute atomic E-state index is 0.120. The third-order valence-corrected chi connectivity index (χ3v) is 13.9. The molecule has 5 heterocycles. The van der Waals surface area contributed by atoms with Crippen LogP contribution in [0.2, 0.25) is 0 Å². The van der Waals surface area contributed by atoms with E-state index >= 15 is 0 Å². The summed E-state index contributed by atoms with van der Waals surface area (Å²) in [4.78, 5) is 73.2. The summed E-state index contributed by atoms with van der Waals surface area (Å²) in [6, 6.07) is 20.6. The summed E-state index contributed by atoms with van der Waals surface area (Å²) in [6.07, 6.45) is 7.26. The van der Waals surface area contributed by atoms with Gasteiger partial charge in [0.05, 0.1) is 49.2 Å². The molecule has 4 atom stereocenters. The Kier molecular flexibility index (Phi) is 11.2. The van der Waals surface area contributed by atoms with Gasteiger partial charge in [-0.1, -0.05) is 62.7 Å². The molecule has 4 N–H and O–H groups in total. The second-order valence-electron chi connectivity index (χ2n) is 18.1. The third-order valence-electron chi connectivity index (χ3n) is 13.9. The smallest absolute Gasteiger partial charge is 0.407 e. The number of nitrogens with zero attached hydrogens (tertiary/aromatic N) is 4. The number of benzene rings is 4. The molecule has 4 aliphatic rings. The van der Waals surface area contributed by atoms with E-state index in [1.165, 1.54) is 39.0 Å². The number of carbonyl (C=O) groups excluding carboxylic acids is 4.